The van der Waals surface area contributed by atoms with Crippen LogP contribution in [0.3, 0.4) is 0 Å². The highest BCUT2D eigenvalue weighted by Gasteiger charge is 2.33. The number of rotatable bonds is 5. The molecule has 1 fully saturated rings. The van der Waals surface area contributed by atoms with Gasteiger partial charge in [-0.3, -0.25) is 14.8 Å². The van der Waals surface area contributed by atoms with Crippen molar-refractivity contribution < 1.29 is 9.53 Å². The van der Waals surface area contributed by atoms with E-state index < -0.39 is 0 Å². The number of carbonyl (C=O) groups is 1. The Morgan fingerprint density at radius 2 is 1.57 bits per heavy atom. The summed E-state index contributed by atoms with van der Waals surface area (Å²) in [6.45, 7) is 5.69. The van der Waals surface area contributed by atoms with Crippen LogP contribution in [0.2, 0.25) is 0 Å². The van der Waals surface area contributed by atoms with Gasteiger partial charge in [0.25, 0.3) is 5.91 Å². The van der Waals surface area contributed by atoms with Crippen molar-refractivity contribution in [1.29, 1.82) is 5.26 Å². The molecular formula is C35H31N5O2. The summed E-state index contributed by atoms with van der Waals surface area (Å²) in [5.41, 5.74) is 7.12. The number of fused-ring (bicyclic) bond motifs is 1. The van der Waals surface area contributed by atoms with Gasteiger partial charge in [0, 0.05) is 66.0 Å². The third kappa shape index (κ3) is 4.92. The second-order valence-electron chi connectivity index (χ2n) is 10.7. The minimum Gasteiger partial charge on any atom is -0.495 e. The van der Waals surface area contributed by atoms with E-state index in [4.69, 9.17) is 15.0 Å². The number of para-hydroxylation sites is 1. The van der Waals surface area contributed by atoms with Gasteiger partial charge in [-0.05, 0) is 67.4 Å². The Kier molecular flexibility index (Phi) is 7.28. The molecular weight excluding hydrogens is 522 g/mol. The monoisotopic (exact) mass is 553 g/mol. The number of amides is 1. The van der Waals surface area contributed by atoms with Crippen molar-refractivity contribution >= 4 is 22.5 Å². The molecule has 0 bridgehead atoms. The number of hydrogen-bond acceptors (Lipinski definition) is 6. The first-order chi connectivity index (χ1) is 20.5. The maximum Gasteiger partial charge on any atom is 0.256 e. The Hall–Kier alpha value is -5.22. The number of nitriles is 1. The van der Waals surface area contributed by atoms with Crippen LogP contribution in [0.4, 0.5) is 5.69 Å². The SMILES string of the molecule is COc1c(-c2ccc(N3CC(C)N(C(=O)c4cccnc4)C(C)C3)cc2)cnc2c(-c3ccc(C#N)cc3)cccc12. The quantitative estimate of drug-likeness (QED) is 0.244. The zero-order valence-electron chi connectivity index (χ0n) is 23.9. The van der Waals surface area contributed by atoms with Crippen LogP contribution in [0, 0.1) is 11.3 Å². The summed E-state index contributed by atoms with van der Waals surface area (Å²) in [5, 5.41) is 10.1. The lowest BCUT2D eigenvalue weighted by Crippen LogP contribution is -2.58. The van der Waals surface area contributed by atoms with Crippen molar-refractivity contribution in [3.05, 3.63) is 109 Å². The van der Waals surface area contributed by atoms with E-state index in [1.54, 1.807) is 25.6 Å². The second-order valence-corrected chi connectivity index (χ2v) is 10.7. The highest BCUT2D eigenvalue weighted by molar-refractivity contribution is 6.00. The van der Waals surface area contributed by atoms with Crippen molar-refractivity contribution in [1.82, 2.24) is 14.9 Å². The van der Waals surface area contributed by atoms with E-state index >= 15 is 0 Å². The van der Waals surface area contributed by atoms with Gasteiger partial charge in [-0.25, -0.2) is 0 Å². The van der Waals surface area contributed by atoms with Crippen molar-refractivity contribution in [2.75, 3.05) is 25.1 Å². The normalized spacial score (nSPS) is 16.7. The van der Waals surface area contributed by atoms with Crippen LogP contribution in [-0.4, -0.2) is 53.1 Å². The third-order valence-corrected chi connectivity index (χ3v) is 7.98. The molecule has 0 saturated carbocycles. The fourth-order valence-corrected chi connectivity index (χ4v) is 6.01. The average Bonchev–Trinajstić information content (AvgIpc) is 3.04. The van der Waals surface area contributed by atoms with Crippen molar-refractivity contribution in [2.24, 2.45) is 0 Å². The van der Waals surface area contributed by atoms with Crippen LogP contribution in [0.5, 0.6) is 5.75 Å². The van der Waals surface area contributed by atoms with Crippen LogP contribution < -0.4 is 9.64 Å². The zero-order valence-corrected chi connectivity index (χ0v) is 23.9. The second kappa shape index (κ2) is 11.3. The van der Waals surface area contributed by atoms with Gasteiger partial charge < -0.3 is 14.5 Å². The molecule has 5 aromatic rings. The molecule has 7 nitrogen and oxygen atoms in total. The number of carbonyl (C=O) groups excluding carboxylic acids is 1. The lowest BCUT2D eigenvalue weighted by atomic mass is 9.97. The minimum absolute atomic E-state index is 0.0244. The van der Waals surface area contributed by atoms with Gasteiger partial charge >= 0.3 is 0 Å². The highest BCUT2D eigenvalue weighted by atomic mass is 16.5. The highest BCUT2D eigenvalue weighted by Crippen LogP contribution is 2.39. The van der Waals surface area contributed by atoms with Crippen LogP contribution in [0.1, 0.15) is 29.8 Å². The predicted molar refractivity (Wildman–Crippen MR) is 165 cm³/mol. The van der Waals surface area contributed by atoms with E-state index in [2.05, 4.69) is 54.1 Å². The maximum atomic E-state index is 13.2. The lowest BCUT2D eigenvalue weighted by Gasteiger charge is -2.45. The first-order valence-electron chi connectivity index (χ1n) is 14.0. The molecule has 2 aromatic heterocycles. The molecule has 2 atom stereocenters. The van der Waals surface area contributed by atoms with Crippen LogP contribution in [0.25, 0.3) is 33.2 Å². The van der Waals surface area contributed by atoms with Crippen LogP contribution in [0.15, 0.2) is 97.5 Å². The van der Waals surface area contributed by atoms with E-state index in [1.807, 2.05) is 59.6 Å². The van der Waals surface area contributed by atoms with Crippen molar-refractivity contribution in [3.63, 3.8) is 0 Å². The molecule has 208 valence electrons. The Morgan fingerprint density at radius 3 is 2.21 bits per heavy atom. The van der Waals surface area contributed by atoms with Crippen molar-refractivity contribution in [3.8, 4) is 34.1 Å². The number of hydrogen-bond donors (Lipinski definition) is 0. The molecule has 7 heteroatoms. The summed E-state index contributed by atoms with van der Waals surface area (Å²) in [6, 6.07) is 28.0. The molecule has 6 rings (SSSR count). The Morgan fingerprint density at radius 1 is 0.881 bits per heavy atom. The Balaban J connectivity index is 1.26. The molecule has 1 saturated heterocycles. The van der Waals surface area contributed by atoms with E-state index in [9.17, 15) is 4.79 Å². The molecule has 3 aromatic carbocycles. The molecule has 0 spiro atoms. The first-order valence-corrected chi connectivity index (χ1v) is 14.0. The summed E-state index contributed by atoms with van der Waals surface area (Å²) < 4.78 is 5.95. The fourth-order valence-electron chi connectivity index (χ4n) is 6.01. The summed E-state index contributed by atoms with van der Waals surface area (Å²) >= 11 is 0. The van der Waals surface area contributed by atoms with Gasteiger partial charge in [0.1, 0.15) is 5.75 Å². The molecule has 3 heterocycles. The summed E-state index contributed by atoms with van der Waals surface area (Å²) in [4.78, 5) is 26.5. The summed E-state index contributed by atoms with van der Waals surface area (Å²) in [6.07, 6.45) is 5.19. The van der Waals surface area contributed by atoms with Gasteiger partial charge in [-0.2, -0.15) is 5.26 Å². The maximum absolute atomic E-state index is 13.2. The third-order valence-electron chi connectivity index (χ3n) is 7.98. The molecule has 0 aliphatic carbocycles. The van der Waals surface area contributed by atoms with E-state index in [0.717, 1.165) is 57.7 Å². The standard InChI is InChI=1S/C35H31N5O2/c1-23-21-39(22-24(2)40(23)35(41)28-6-5-17-37-19-28)29-15-13-27(14-16-29)32-20-38-33-30(7-4-8-31(33)34(32)42-3)26-11-9-25(18-36)10-12-26/h4-17,19-20,23-24H,21-22H2,1-3H3. The molecule has 0 radical (unpaired) electrons. The topological polar surface area (TPSA) is 82.3 Å². The Bertz CT molecular complexity index is 1770. The molecule has 1 aliphatic rings. The van der Waals surface area contributed by atoms with E-state index in [1.165, 1.54) is 0 Å². The fraction of sp³-hybridized carbons (Fsp3) is 0.200. The lowest BCUT2D eigenvalue weighted by molar-refractivity contribution is 0.0574. The number of aromatic nitrogens is 2. The number of anilines is 1. The largest absolute Gasteiger partial charge is 0.495 e. The molecule has 1 amide bonds. The predicted octanol–water partition coefficient (Wildman–Crippen LogP) is 6.58. The van der Waals surface area contributed by atoms with Crippen LogP contribution in [-0.2, 0) is 0 Å². The smallest absolute Gasteiger partial charge is 0.256 e. The number of methoxy groups -OCH3 is 1. The average molecular weight is 554 g/mol. The Labute approximate surface area is 245 Å². The van der Waals surface area contributed by atoms with E-state index in [-0.39, 0.29) is 18.0 Å². The summed E-state index contributed by atoms with van der Waals surface area (Å²) in [7, 11) is 1.69. The molecule has 0 N–H and O–H groups in total. The number of nitrogens with zero attached hydrogens (tertiary/aromatic N) is 5. The molecule has 2 unspecified atom stereocenters. The number of pyridine rings is 2. The first kappa shape index (κ1) is 27.0. The van der Waals surface area contributed by atoms with Gasteiger partial charge in [0.2, 0.25) is 0 Å². The van der Waals surface area contributed by atoms with E-state index in [0.29, 0.717) is 11.1 Å². The van der Waals surface area contributed by atoms with Crippen LogP contribution >= 0.6 is 0 Å². The number of benzene rings is 3. The molecule has 1 aliphatic heterocycles. The number of ether oxygens (including phenoxy) is 1. The van der Waals surface area contributed by atoms with Gasteiger partial charge in [0.15, 0.2) is 0 Å². The molecule has 42 heavy (non-hydrogen) atoms. The number of piperazine rings is 1. The van der Waals surface area contributed by atoms with Crippen molar-refractivity contribution in [2.45, 2.75) is 25.9 Å². The minimum atomic E-state index is 0.0244. The van der Waals surface area contributed by atoms with Gasteiger partial charge in [0.05, 0.1) is 29.8 Å². The summed E-state index contributed by atoms with van der Waals surface area (Å²) in [5.74, 6) is 0.796. The van der Waals surface area contributed by atoms with Gasteiger partial charge in [-0.1, -0.05) is 36.4 Å². The van der Waals surface area contributed by atoms with Gasteiger partial charge in [-0.15, -0.1) is 0 Å². The zero-order chi connectivity index (χ0) is 29.2.